The van der Waals surface area contributed by atoms with Crippen molar-refractivity contribution >= 4 is 124 Å². The number of phenols is 1. The second-order valence-electron chi connectivity index (χ2n) is 14.1. The molecule has 7 N–H and O–H groups in total. The molecular weight excluding hydrogens is 1040 g/mol. The van der Waals surface area contributed by atoms with Crippen LogP contribution in [-0.2, 0) is 40.5 Å². The Morgan fingerprint density at radius 2 is 1.42 bits per heavy atom. The maximum atomic E-state index is 13.2. The number of nitrogens with one attached hydrogen (secondary N) is 1. The van der Waals surface area contributed by atoms with Crippen LogP contribution in [0.15, 0.2) is 123 Å². The summed E-state index contributed by atoms with van der Waals surface area (Å²) in [5.74, 6) is -2.97. The number of carboxylic acid groups (broad SMARTS) is 1. The fraction of sp³-hybridized carbons (Fsp3) is 0.108. The van der Waals surface area contributed by atoms with Gasteiger partial charge in [-0.1, -0.05) is 29.0 Å². The number of fused-ring (bicyclic) bond motifs is 2. The summed E-state index contributed by atoms with van der Waals surface area (Å²) in [6.07, 6.45) is 0.770. The van der Waals surface area contributed by atoms with Crippen LogP contribution in [-0.4, -0.2) is 95.2 Å². The molecule has 0 aliphatic rings. The molecule has 26 nitrogen and oxygen atoms in total. The van der Waals surface area contributed by atoms with Crippen LogP contribution in [0.25, 0.3) is 26.7 Å². The first-order valence-electron chi connectivity index (χ1n) is 18.7. The Balaban J connectivity index is 1.21. The minimum absolute atomic E-state index is 0.00705. The van der Waals surface area contributed by atoms with E-state index in [1.807, 2.05) is 0 Å². The summed E-state index contributed by atoms with van der Waals surface area (Å²) < 4.78 is 141. The molecular formula is C37H28ClN9O17S5. The Labute approximate surface area is 395 Å². The molecule has 0 saturated heterocycles. The van der Waals surface area contributed by atoms with Crippen LogP contribution in [0.2, 0.25) is 5.02 Å². The minimum atomic E-state index is -5.18. The summed E-state index contributed by atoms with van der Waals surface area (Å²) in [6, 6.07) is 12.0. The Hall–Kier alpha value is -6.94. The molecule has 0 unspecified atom stereocenters. The molecule has 360 valence electrons. The lowest BCUT2D eigenvalue weighted by Gasteiger charge is -2.11. The number of aromatic nitrogens is 3. The van der Waals surface area contributed by atoms with Crippen molar-refractivity contribution in [3.63, 3.8) is 0 Å². The number of aromatic amines is 1. The highest BCUT2D eigenvalue weighted by Gasteiger charge is 2.24. The third kappa shape index (κ3) is 11.3. The number of aromatic carboxylic acids is 1. The van der Waals surface area contributed by atoms with E-state index in [1.54, 1.807) is 6.92 Å². The van der Waals surface area contributed by atoms with Gasteiger partial charge in [-0.3, -0.25) is 28.1 Å². The first-order valence-corrected chi connectivity index (χ1v) is 25.8. The van der Waals surface area contributed by atoms with Gasteiger partial charge in [0, 0.05) is 21.9 Å². The highest BCUT2D eigenvalue weighted by atomic mass is 35.5. The van der Waals surface area contributed by atoms with E-state index in [0.717, 1.165) is 53.9 Å². The predicted molar refractivity (Wildman–Crippen MR) is 243 cm³/mol. The molecule has 0 spiro atoms. The molecule has 0 amide bonds. The lowest BCUT2D eigenvalue weighted by atomic mass is 10.1. The molecule has 32 heteroatoms. The fourth-order valence-electron chi connectivity index (χ4n) is 6.27. The maximum absolute atomic E-state index is 13.2. The van der Waals surface area contributed by atoms with Gasteiger partial charge in [0.15, 0.2) is 11.4 Å². The number of benzene rings is 5. The van der Waals surface area contributed by atoms with Gasteiger partial charge in [-0.2, -0.15) is 33.7 Å². The van der Waals surface area contributed by atoms with Gasteiger partial charge in [0.2, 0.25) is 5.13 Å². The molecule has 7 aromatic rings. The molecule has 7 rings (SSSR count). The summed E-state index contributed by atoms with van der Waals surface area (Å²) in [5.41, 5.74) is -2.91. The van der Waals surface area contributed by atoms with Crippen molar-refractivity contribution in [2.75, 3.05) is 12.4 Å². The number of ether oxygens (including phenoxy) is 1. The standard InChI is InChI=1S/C37H28ClN9O17S5/c1-17-9-27(29(64-7-2-8-66(52,53)54)15-26(17)43-46-37-40-32-30(65-37)12-19(38)13-31(32)68(58,59)60)44-41-24-5-4-23-22(33(24)48)3-6-25(34(23)69(61,62)63)42-45-28-16-39-47(35(28)49)20-10-18(36(50)51)11-21(14-20)67(55,56)57/h3-6,9-16,39,48H,2,7-8H2,1H3,(H,50,51)(H,52,53,54)(H,55,56,57)(H,58,59,60)(H,61,62,63). The Bertz CT molecular complexity index is 3910. The first-order chi connectivity index (χ1) is 32.2. The number of nitrogens with zero attached hydrogens (tertiary/aromatic N) is 8. The van der Waals surface area contributed by atoms with Crippen LogP contribution in [0.3, 0.4) is 0 Å². The third-order valence-electron chi connectivity index (χ3n) is 9.33. The average Bonchev–Trinajstić information content (AvgIpc) is 3.84. The zero-order chi connectivity index (χ0) is 50.4. The van der Waals surface area contributed by atoms with Crippen molar-refractivity contribution in [2.24, 2.45) is 30.7 Å². The summed E-state index contributed by atoms with van der Waals surface area (Å²) in [7, 11) is -19.2. The van der Waals surface area contributed by atoms with Crippen molar-refractivity contribution in [2.45, 2.75) is 28.0 Å². The van der Waals surface area contributed by atoms with E-state index >= 15 is 0 Å². The molecule has 0 atom stereocenters. The van der Waals surface area contributed by atoms with Crippen LogP contribution in [0, 0.1) is 6.92 Å². The summed E-state index contributed by atoms with van der Waals surface area (Å²) in [6.45, 7) is 1.30. The van der Waals surface area contributed by atoms with E-state index < -0.39 is 95.1 Å². The Morgan fingerprint density at radius 3 is 2.09 bits per heavy atom. The number of rotatable bonds is 16. The normalized spacial score (nSPS) is 12.9. The number of H-pyrrole nitrogens is 1. The molecule has 0 saturated carbocycles. The Morgan fingerprint density at radius 1 is 0.768 bits per heavy atom. The van der Waals surface area contributed by atoms with Gasteiger partial charge in [0.1, 0.15) is 38.1 Å². The molecule has 0 aliphatic heterocycles. The number of halogens is 1. The molecule has 0 bridgehead atoms. The number of hydrogen-bond acceptors (Lipinski definition) is 20. The highest BCUT2D eigenvalue weighted by Crippen LogP contribution is 2.43. The second-order valence-corrected chi connectivity index (χ2v) is 21.3. The average molecular weight is 1070 g/mol. The lowest BCUT2D eigenvalue weighted by Crippen LogP contribution is -2.16. The predicted octanol–water partition coefficient (Wildman–Crippen LogP) is 7.94. The number of thiazole rings is 1. The SMILES string of the molecule is Cc1cc(N=Nc2ccc3c(S(=O)(=O)O)c(N=Nc4c[nH]n(-c5cc(C(=O)O)cc(S(=O)(=O)O)c5)c4=O)ccc3c2O)c(OCCCS(=O)(=O)O)cc1N=Nc1nc2c(S(=O)(=O)O)cc(Cl)cc2s1. The zero-order valence-corrected chi connectivity index (χ0v) is 39.1. The quantitative estimate of drug-likeness (QED) is 0.0274. The largest absolute Gasteiger partial charge is 0.505 e. The third-order valence-corrected chi connectivity index (χ3v) is 13.9. The smallest absolute Gasteiger partial charge is 0.335 e. The van der Waals surface area contributed by atoms with Gasteiger partial charge < -0.3 is 14.9 Å². The van der Waals surface area contributed by atoms with Crippen molar-refractivity contribution in [1.82, 2.24) is 14.8 Å². The van der Waals surface area contributed by atoms with Gasteiger partial charge in [0.05, 0.1) is 45.1 Å². The van der Waals surface area contributed by atoms with Crippen LogP contribution in [0.5, 0.6) is 11.5 Å². The minimum Gasteiger partial charge on any atom is -0.505 e. The molecule has 5 aromatic carbocycles. The monoisotopic (exact) mass is 1060 g/mol. The highest BCUT2D eigenvalue weighted by molar-refractivity contribution is 7.86. The summed E-state index contributed by atoms with van der Waals surface area (Å²) in [4.78, 5) is 26.7. The van der Waals surface area contributed by atoms with Crippen molar-refractivity contribution in [1.29, 1.82) is 0 Å². The topological polar surface area (TPSA) is 409 Å². The van der Waals surface area contributed by atoms with Crippen LogP contribution >= 0.6 is 22.9 Å². The summed E-state index contributed by atoms with van der Waals surface area (Å²) in [5, 5.41) is 46.6. The van der Waals surface area contributed by atoms with Gasteiger partial charge in [-0.25, -0.2) is 14.5 Å². The molecule has 2 heterocycles. The van der Waals surface area contributed by atoms with Crippen molar-refractivity contribution in [3.05, 3.63) is 99.4 Å². The first kappa shape index (κ1) is 50.0. The fourth-order valence-corrected chi connectivity index (χ4v) is 10.1. The van der Waals surface area contributed by atoms with Gasteiger partial charge in [-0.15, -0.1) is 30.7 Å². The number of hydrogen-bond donors (Lipinski definition) is 7. The van der Waals surface area contributed by atoms with Crippen LogP contribution in [0.4, 0.5) is 33.6 Å². The Kier molecular flexibility index (Phi) is 13.7. The lowest BCUT2D eigenvalue weighted by molar-refractivity contribution is 0.0696. The van der Waals surface area contributed by atoms with E-state index in [0.29, 0.717) is 16.3 Å². The molecule has 2 aromatic heterocycles. The number of carboxylic acids is 1. The van der Waals surface area contributed by atoms with Crippen molar-refractivity contribution < 1.29 is 71.6 Å². The van der Waals surface area contributed by atoms with Gasteiger partial charge >= 0.3 is 5.97 Å². The van der Waals surface area contributed by atoms with Crippen molar-refractivity contribution in [3.8, 4) is 17.2 Å². The van der Waals surface area contributed by atoms with Crippen LogP contribution in [0.1, 0.15) is 22.3 Å². The van der Waals surface area contributed by atoms with Gasteiger partial charge in [0.25, 0.3) is 46.0 Å². The van der Waals surface area contributed by atoms with E-state index in [1.165, 1.54) is 24.3 Å². The van der Waals surface area contributed by atoms with Gasteiger partial charge in [-0.05, 0) is 73.5 Å². The number of phenolic OH excluding ortho intramolecular Hbond substituents is 1. The van der Waals surface area contributed by atoms with E-state index in [2.05, 4.69) is 40.8 Å². The number of aromatic hydroxyl groups is 1. The second kappa shape index (κ2) is 18.9. The van der Waals surface area contributed by atoms with Crippen LogP contribution < -0.4 is 10.3 Å². The zero-order valence-electron chi connectivity index (χ0n) is 34.2. The number of carbonyl (C=O) groups is 1. The maximum Gasteiger partial charge on any atom is 0.335 e. The number of aryl methyl sites for hydroxylation is 1. The molecule has 0 radical (unpaired) electrons. The van der Waals surface area contributed by atoms with E-state index in [9.17, 15) is 71.7 Å². The molecule has 0 fully saturated rings. The number of azo groups is 3. The van der Waals surface area contributed by atoms with E-state index in [-0.39, 0.29) is 72.7 Å². The molecule has 0 aliphatic carbocycles. The summed E-state index contributed by atoms with van der Waals surface area (Å²) >= 11 is 6.92. The molecule has 69 heavy (non-hydrogen) atoms. The van der Waals surface area contributed by atoms with E-state index in [4.69, 9.17) is 16.3 Å².